The molecule has 0 aliphatic carbocycles. The molecule has 0 unspecified atom stereocenters. The number of carboxylic acid groups (broad SMARTS) is 1. The van der Waals surface area contributed by atoms with Gasteiger partial charge in [0.1, 0.15) is 5.56 Å². The molecule has 1 aromatic carbocycles. The molecular formula is C15H16N2O4. The van der Waals surface area contributed by atoms with Crippen LogP contribution in [-0.2, 0) is 13.0 Å². The smallest absolute Gasteiger partial charge is 0.341 e. The van der Waals surface area contributed by atoms with Gasteiger partial charge in [-0.1, -0.05) is 0 Å². The van der Waals surface area contributed by atoms with E-state index in [1.165, 1.54) is 6.20 Å². The molecule has 6 heteroatoms. The average Bonchev–Trinajstić information content (AvgIpc) is 2.48. The number of anilines is 1. The number of rotatable bonds is 4. The zero-order valence-corrected chi connectivity index (χ0v) is 11.4. The van der Waals surface area contributed by atoms with Crippen LogP contribution in [0, 0.1) is 0 Å². The molecule has 2 heterocycles. The van der Waals surface area contributed by atoms with Gasteiger partial charge in [-0.15, -0.1) is 0 Å². The van der Waals surface area contributed by atoms with Crippen molar-refractivity contribution in [3.8, 4) is 0 Å². The molecule has 0 bridgehead atoms. The van der Waals surface area contributed by atoms with E-state index < -0.39 is 11.4 Å². The molecule has 1 aliphatic heterocycles. The van der Waals surface area contributed by atoms with Gasteiger partial charge in [0.25, 0.3) is 0 Å². The molecule has 0 radical (unpaired) electrons. The van der Waals surface area contributed by atoms with Crippen LogP contribution < -0.4 is 10.7 Å². The molecule has 0 spiro atoms. The minimum absolute atomic E-state index is 0.00717. The molecule has 1 aliphatic rings. The summed E-state index contributed by atoms with van der Waals surface area (Å²) in [5.41, 5.74) is 1.94. The predicted molar refractivity (Wildman–Crippen MR) is 79.1 cm³/mol. The SMILES string of the molecule is O=C(O)c1cn2c3c(cc(NCCO)cc3c1=O)CCC2. The Morgan fingerprint density at radius 2 is 2.19 bits per heavy atom. The quantitative estimate of drug-likeness (QED) is 0.782. The monoisotopic (exact) mass is 288 g/mol. The van der Waals surface area contributed by atoms with E-state index in [1.807, 2.05) is 10.6 Å². The largest absolute Gasteiger partial charge is 0.477 e. The van der Waals surface area contributed by atoms with Crippen LogP contribution in [0.3, 0.4) is 0 Å². The number of hydrogen-bond donors (Lipinski definition) is 3. The highest BCUT2D eigenvalue weighted by Gasteiger charge is 2.19. The maximum atomic E-state index is 12.4. The number of pyridine rings is 1. The van der Waals surface area contributed by atoms with Gasteiger partial charge in [-0.2, -0.15) is 0 Å². The van der Waals surface area contributed by atoms with E-state index >= 15 is 0 Å². The first kappa shape index (κ1) is 13.6. The van der Waals surface area contributed by atoms with Crippen molar-refractivity contribution < 1.29 is 15.0 Å². The Bertz CT molecular complexity index is 779. The van der Waals surface area contributed by atoms with E-state index in [4.69, 9.17) is 5.11 Å². The number of carboxylic acids is 1. The third kappa shape index (κ3) is 2.27. The molecule has 0 amide bonds. The molecule has 3 rings (SSSR count). The lowest BCUT2D eigenvalue weighted by Crippen LogP contribution is -2.22. The van der Waals surface area contributed by atoms with E-state index in [0.29, 0.717) is 18.5 Å². The molecule has 6 nitrogen and oxygen atoms in total. The normalized spacial score (nSPS) is 13.4. The standard InChI is InChI=1S/C15H16N2O4/c18-5-3-16-10-6-9-2-1-4-17-8-12(15(20)21)14(19)11(7-10)13(9)17/h6-8,16,18H,1-5H2,(H,20,21). The number of aryl methyl sites for hydroxylation is 2. The minimum Gasteiger partial charge on any atom is -0.477 e. The van der Waals surface area contributed by atoms with Crippen molar-refractivity contribution in [3.63, 3.8) is 0 Å². The predicted octanol–water partition coefficient (Wildman–Crippen LogP) is 1.05. The Kier molecular flexibility index (Phi) is 3.39. The highest BCUT2D eigenvalue weighted by molar-refractivity contribution is 5.94. The lowest BCUT2D eigenvalue weighted by atomic mass is 9.98. The van der Waals surface area contributed by atoms with Gasteiger partial charge >= 0.3 is 5.97 Å². The number of aliphatic hydroxyl groups is 1. The Morgan fingerprint density at radius 3 is 2.90 bits per heavy atom. The summed E-state index contributed by atoms with van der Waals surface area (Å²) in [7, 11) is 0. The van der Waals surface area contributed by atoms with Crippen LogP contribution in [0.2, 0.25) is 0 Å². The van der Waals surface area contributed by atoms with Crippen molar-refractivity contribution in [1.29, 1.82) is 0 Å². The van der Waals surface area contributed by atoms with E-state index in [1.54, 1.807) is 6.07 Å². The number of carbonyl (C=O) groups is 1. The van der Waals surface area contributed by atoms with E-state index in [-0.39, 0.29) is 12.2 Å². The maximum absolute atomic E-state index is 12.4. The van der Waals surface area contributed by atoms with Gasteiger partial charge in [0.15, 0.2) is 0 Å². The van der Waals surface area contributed by atoms with Crippen molar-refractivity contribution in [2.45, 2.75) is 19.4 Å². The van der Waals surface area contributed by atoms with Crippen LogP contribution in [0.1, 0.15) is 22.3 Å². The Labute approximate surface area is 120 Å². The van der Waals surface area contributed by atoms with Crippen molar-refractivity contribution in [2.75, 3.05) is 18.5 Å². The summed E-state index contributed by atoms with van der Waals surface area (Å²) >= 11 is 0. The number of nitrogens with one attached hydrogen (secondary N) is 1. The number of nitrogens with zero attached hydrogens (tertiary/aromatic N) is 1. The first-order valence-corrected chi connectivity index (χ1v) is 6.90. The topological polar surface area (TPSA) is 91.6 Å². The van der Waals surface area contributed by atoms with Gasteiger partial charge in [-0.05, 0) is 30.5 Å². The fourth-order valence-corrected chi connectivity index (χ4v) is 2.89. The average molecular weight is 288 g/mol. The second-order valence-corrected chi connectivity index (χ2v) is 5.16. The second-order valence-electron chi connectivity index (χ2n) is 5.16. The van der Waals surface area contributed by atoms with Crippen molar-refractivity contribution >= 4 is 22.6 Å². The lowest BCUT2D eigenvalue weighted by Gasteiger charge is -2.21. The van der Waals surface area contributed by atoms with E-state index in [0.717, 1.165) is 29.6 Å². The third-order valence-electron chi connectivity index (χ3n) is 3.77. The van der Waals surface area contributed by atoms with Crippen molar-refractivity contribution in [1.82, 2.24) is 4.57 Å². The van der Waals surface area contributed by atoms with Crippen LogP contribution in [-0.4, -0.2) is 33.9 Å². The Hall–Kier alpha value is -2.34. The van der Waals surface area contributed by atoms with Crippen molar-refractivity contribution in [2.24, 2.45) is 0 Å². The lowest BCUT2D eigenvalue weighted by molar-refractivity contribution is 0.0694. The zero-order chi connectivity index (χ0) is 15.0. The molecule has 0 saturated carbocycles. The summed E-state index contributed by atoms with van der Waals surface area (Å²) in [4.78, 5) is 23.6. The van der Waals surface area contributed by atoms with Crippen LogP contribution in [0.5, 0.6) is 0 Å². The number of aromatic carboxylic acids is 1. The first-order chi connectivity index (χ1) is 10.1. The molecule has 21 heavy (non-hydrogen) atoms. The fraction of sp³-hybridized carbons (Fsp3) is 0.333. The summed E-state index contributed by atoms with van der Waals surface area (Å²) < 4.78 is 1.86. The maximum Gasteiger partial charge on any atom is 0.341 e. The summed E-state index contributed by atoms with van der Waals surface area (Å²) in [6.45, 7) is 1.10. The van der Waals surface area contributed by atoms with E-state index in [9.17, 15) is 14.7 Å². The molecule has 3 N–H and O–H groups in total. The van der Waals surface area contributed by atoms with Gasteiger partial charge in [0.2, 0.25) is 5.43 Å². The summed E-state index contributed by atoms with van der Waals surface area (Å²) in [5.74, 6) is -1.20. The Balaban J connectivity index is 2.30. The van der Waals surface area contributed by atoms with Crippen LogP contribution in [0.15, 0.2) is 23.1 Å². The molecule has 2 aromatic rings. The number of aliphatic hydroxyl groups excluding tert-OH is 1. The highest BCUT2D eigenvalue weighted by Crippen LogP contribution is 2.27. The van der Waals surface area contributed by atoms with Gasteiger partial charge in [0, 0.05) is 30.4 Å². The fourth-order valence-electron chi connectivity index (χ4n) is 2.89. The molecule has 0 atom stereocenters. The summed E-state index contributed by atoms with van der Waals surface area (Å²) in [6, 6.07) is 3.64. The molecular weight excluding hydrogens is 272 g/mol. The van der Waals surface area contributed by atoms with Gasteiger partial charge < -0.3 is 20.1 Å². The molecule has 1 aromatic heterocycles. The van der Waals surface area contributed by atoms with Crippen LogP contribution in [0.4, 0.5) is 5.69 Å². The van der Waals surface area contributed by atoms with Gasteiger partial charge in [-0.25, -0.2) is 4.79 Å². The van der Waals surface area contributed by atoms with E-state index in [2.05, 4.69) is 5.32 Å². The first-order valence-electron chi connectivity index (χ1n) is 6.90. The number of hydrogen-bond acceptors (Lipinski definition) is 4. The van der Waals surface area contributed by atoms with Gasteiger partial charge in [0.05, 0.1) is 12.1 Å². The minimum atomic E-state index is -1.20. The van der Waals surface area contributed by atoms with Crippen molar-refractivity contribution in [3.05, 3.63) is 39.7 Å². The third-order valence-corrected chi connectivity index (χ3v) is 3.77. The number of aromatic nitrogens is 1. The number of benzene rings is 1. The Morgan fingerprint density at radius 1 is 1.38 bits per heavy atom. The van der Waals surface area contributed by atoms with Gasteiger partial charge in [-0.3, -0.25) is 4.79 Å². The molecule has 0 saturated heterocycles. The summed E-state index contributed by atoms with van der Waals surface area (Å²) in [5, 5.41) is 21.5. The highest BCUT2D eigenvalue weighted by atomic mass is 16.4. The molecule has 110 valence electrons. The second kappa shape index (κ2) is 5.21. The zero-order valence-electron chi connectivity index (χ0n) is 11.4. The summed E-state index contributed by atoms with van der Waals surface area (Å²) in [6.07, 6.45) is 3.21. The van der Waals surface area contributed by atoms with Crippen LogP contribution in [0.25, 0.3) is 10.9 Å². The molecule has 0 fully saturated rings. The van der Waals surface area contributed by atoms with Crippen LogP contribution >= 0.6 is 0 Å².